The number of hydrogen-bond donors (Lipinski definition) is 6. The Bertz CT molecular complexity index is 2160. The maximum Gasteiger partial charge on any atom is 0.338 e. The van der Waals surface area contributed by atoms with Crippen LogP contribution >= 0.6 is 0 Å². The SMILES string of the molecule is CC(C)c1c(C(=O)O)c2c(O)cccc2n1Cc1cccc(O)c1.CC(C)c1c(C(=O)O)c2cc(O)ccc2n1Cc1cccc(O)c1. The van der Waals surface area contributed by atoms with Gasteiger partial charge in [0.25, 0.3) is 0 Å². The van der Waals surface area contributed by atoms with Crippen LogP contribution in [0.5, 0.6) is 23.0 Å². The van der Waals surface area contributed by atoms with Crippen molar-refractivity contribution in [1.82, 2.24) is 9.13 Å². The lowest BCUT2D eigenvalue weighted by molar-refractivity contribution is 0.0686. The Morgan fingerprint density at radius 2 is 1.06 bits per heavy atom. The summed E-state index contributed by atoms with van der Waals surface area (Å²) in [6.45, 7) is 8.60. The van der Waals surface area contributed by atoms with Crippen LogP contribution < -0.4 is 0 Å². The molecule has 0 saturated carbocycles. The molecule has 0 aliphatic heterocycles. The van der Waals surface area contributed by atoms with E-state index >= 15 is 0 Å². The molecule has 4 aromatic carbocycles. The summed E-state index contributed by atoms with van der Waals surface area (Å²) in [7, 11) is 0. The van der Waals surface area contributed by atoms with Crippen molar-refractivity contribution in [1.29, 1.82) is 0 Å². The molecule has 2 aromatic heterocycles. The first kappa shape index (κ1) is 33.5. The third-order valence-electron chi connectivity index (χ3n) is 8.22. The van der Waals surface area contributed by atoms with E-state index < -0.39 is 11.9 Å². The Balaban J connectivity index is 0.000000188. The zero-order valence-corrected chi connectivity index (χ0v) is 27.0. The van der Waals surface area contributed by atoms with Crippen molar-refractivity contribution in [2.75, 3.05) is 0 Å². The Kier molecular flexibility index (Phi) is 9.38. The fraction of sp³-hybridized carbons (Fsp3) is 0.211. The summed E-state index contributed by atoms with van der Waals surface area (Å²) in [6.07, 6.45) is 0. The van der Waals surface area contributed by atoms with Crippen molar-refractivity contribution in [3.8, 4) is 23.0 Å². The number of hydrogen-bond acceptors (Lipinski definition) is 6. The normalized spacial score (nSPS) is 11.3. The van der Waals surface area contributed by atoms with E-state index in [9.17, 15) is 40.2 Å². The van der Waals surface area contributed by atoms with Crippen molar-refractivity contribution in [2.45, 2.75) is 52.6 Å². The van der Waals surface area contributed by atoms with Crippen LogP contribution in [0.15, 0.2) is 84.9 Å². The standard InChI is InChI=1S/2C19H19NO4/c1-11(2)18-17(19(23)24)16-14(7-4-8-15(16)22)20(18)10-12-5-3-6-13(21)9-12;1-11(2)18-17(19(23)24)15-9-14(22)6-7-16(15)20(18)10-12-4-3-5-13(21)8-12/h2*3-9,11,21-22H,10H2,1-2H3,(H,23,24). The van der Waals surface area contributed by atoms with Crippen LogP contribution in [0.2, 0.25) is 0 Å². The van der Waals surface area contributed by atoms with Crippen molar-refractivity contribution in [3.63, 3.8) is 0 Å². The molecule has 0 unspecified atom stereocenters. The summed E-state index contributed by atoms with van der Waals surface area (Å²) in [5.41, 5.74) is 4.85. The molecule has 0 aliphatic carbocycles. The number of rotatable bonds is 8. The average molecular weight is 651 g/mol. The van der Waals surface area contributed by atoms with Crippen LogP contribution in [0.1, 0.15) is 82.8 Å². The van der Waals surface area contributed by atoms with Gasteiger partial charge in [-0.15, -0.1) is 0 Å². The van der Waals surface area contributed by atoms with E-state index in [1.54, 1.807) is 60.7 Å². The zero-order chi connectivity index (χ0) is 34.9. The van der Waals surface area contributed by atoms with Gasteiger partial charge in [0.05, 0.1) is 22.0 Å². The molecule has 0 fully saturated rings. The molecule has 0 amide bonds. The van der Waals surface area contributed by atoms with Gasteiger partial charge in [0.15, 0.2) is 0 Å². The number of aromatic hydroxyl groups is 4. The molecular formula is C38H38N2O8. The molecule has 0 spiro atoms. The summed E-state index contributed by atoms with van der Waals surface area (Å²) in [5, 5.41) is 59.6. The summed E-state index contributed by atoms with van der Waals surface area (Å²) in [5.74, 6) is -1.79. The number of carboxylic acid groups (broad SMARTS) is 2. The topological polar surface area (TPSA) is 165 Å². The van der Waals surface area contributed by atoms with Crippen LogP contribution in [0.25, 0.3) is 21.8 Å². The number of aromatic carboxylic acids is 2. The van der Waals surface area contributed by atoms with E-state index in [4.69, 9.17) is 0 Å². The molecule has 0 aliphatic rings. The van der Waals surface area contributed by atoms with Crippen molar-refractivity contribution in [3.05, 3.63) is 119 Å². The molecule has 6 aromatic rings. The lowest BCUT2D eigenvalue weighted by atomic mass is 10.0. The maximum atomic E-state index is 11.8. The number of nitrogens with zero attached hydrogens (tertiary/aromatic N) is 2. The average Bonchev–Trinajstić information content (AvgIpc) is 3.51. The van der Waals surface area contributed by atoms with E-state index in [0.29, 0.717) is 40.8 Å². The predicted molar refractivity (Wildman–Crippen MR) is 184 cm³/mol. The summed E-state index contributed by atoms with van der Waals surface area (Å²) in [4.78, 5) is 23.7. The van der Waals surface area contributed by atoms with Crippen molar-refractivity contribution < 1.29 is 40.2 Å². The van der Waals surface area contributed by atoms with Crippen LogP contribution in [0.3, 0.4) is 0 Å². The number of aromatic nitrogens is 2. The minimum absolute atomic E-state index is 0.0112. The van der Waals surface area contributed by atoms with E-state index in [-0.39, 0.29) is 46.0 Å². The third-order valence-corrected chi connectivity index (χ3v) is 8.22. The van der Waals surface area contributed by atoms with Gasteiger partial charge < -0.3 is 39.8 Å². The molecule has 0 radical (unpaired) electrons. The van der Waals surface area contributed by atoms with Gasteiger partial charge in [0.2, 0.25) is 0 Å². The quantitative estimate of drug-likeness (QED) is 0.0969. The van der Waals surface area contributed by atoms with Gasteiger partial charge in [0, 0.05) is 35.4 Å². The second-order valence-electron chi connectivity index (χ2n) is 12.3. The molecule has 0 bridgehead atoms. The minimum Gasteiger partial charge on any atom is -0.508 e. The van der Waals surface area contributed by atoms with Gasteiger partial charge in [-0.2, -0.15) is 0 Å². The highest BCUT2D eigenvalue weighted by atomic mass is 16.4. The molecular weight excluding hydrogens is 612 g/mol. The smallest absolute Gasteiger partial charge is 0.338 e. The predicted octanol–water partition coefficient (Wildman–Crippen LogP) is 7.84. The van der Waals surface area contributed by atoms with Gasteiger partial charge in [-0.3, -0.25) is 0 Å². The summed E-state index contributed by atoms with van der Waals surface area (Å²) < 4.78 is 3.84. The molecule has 6 rings (SSSR count). The number of phenols is 4. The molecule has 10 nitrogen and oxygen atoms in total. The van der Waals surface area contributed by atoms with Crippen LogP contribution in [0.4, 0.5) is 0 Å². The minimum atomic E-state index is -1.06. The first-order valence-electron chi connectivity index (χ1n) is 15.5. The van der Waals surface area contributed by atoms with Gasteiger partial charge in [0.1, 0.15) is 23.0 Å². The highest BCUT2D eigenvalue weighted by Crippen LogP contribution is 2.37. The van der Waals surface area contributed by atoms with E-state index in [1.807, 2.05) is 49.0 Å². The first-order chi connectivity index (χ1) is 22.8. The molecule has 0 atom stereocenters. The third kappa shape index (κ3) is 6.50. The fourth-order valence-electron chi connectivity index (χ4n) is 6.42. The van der Waals surface area contributed by atoms with Crippen LogP contribution in [-0.2, 0) is 13.1 Å². The largest absolute Gasteiger partial charge is 0.508 e. The Hall–Kier alpha value is -5.90. The van der Waals surface area contributed by atoms with Crippen molar-refractivity contribution >= 4 is 33.7 Å². The Morgan fingerprint density at radius 1 is 0.583 bits per heavy atom. The molecule has 48 heavy (non-hydrogen) atoms. The lowest BCUT2D eigenvalue weighted by Gasteiger charge is -2.14. The van der Waals surface area contributed by atoms with Crippen molar-refractivity contribution in [2.24, 2.45) is 0 Å². The summed E-state index contributed by atoms with van der Waals surface area (Å²) in [6, 6.07) is 23.5. The summed E-state index contributed by atoms with van der Waals surface area (Å²) >= 11 is 0. The molecule has 248 valence electrons. The van der Waals surface area contributed by atoms with Crippen LogP contribution in [-0.4, -0.2) is 51.7 Å². The number of benzene rings is 4. The van der Waals surface area contributed by atoms with Gasteiger partial charge in [-0.1, -0.05) is 58.0 Å². The molecule has 2 heterocycles. The molecule has 6 N–H and O–H groups in total. The van der Waals surface area contributed by atoms with Crippen LogP contribution in [0, 0.1) is 0 Å². The van der Waals surface area contributed by atoms with E-state index in [1.165, 1.54) is 12.1 Å². The number of carbonyl (C=O) groups is 2. The second kappa shape index (κ2) is 13.4. The Morgan fingerprint density at radius 3 is 1.56 bits per heavy atom. The second-order valence-corrected chi connectivity index (χ2v) is 12.3. The number of fused-ring (bicyclic) bond motifs is 2. The Labute approximate surface area is 277 Å². The highest BCUT2D eigenvalue weighted by molar-refractivity contribution is 6.08. The van der Waals surface area contributed by atoms with Gasteiger partial charge >= 0.3 is 11.9 Å². The monoisotopic (exact) mass is 650 g/mol. The zero-order valence-electron chi connectivity index (χ0n) is 27.0. The lowest BCUT2D eigenvalue weighted by Crippen LogP contribution is -2.09. The number of carboxylic acids is 2. The van der Waals surface area contributed by atoms with Gasteiger partial charge in [-0.05, 0) is 77.6 Å². The van der Waals surface area contributed by atoms with E-state index in [2.05, 4.69) is 0 Å². The molecule has 10 heteroatoms. The van der Waals surface area contributed by atoms with E-state index in [0.717, 1.165) is 16.6 Å². The maximum absolute atomic E-state index is 11.8. The fourth-order valence-corrected chi connectivity index (χ4v) is 6.42. The molecule has 0 saturated heterocycles. The first-order valence-corrected chi connectivity index (χ1v) is 15.5. The van der Waals surface area contributed by atoms with Gasteiger partial charge in [-0.25, -0.2) is 9.59 Å². The number of phenolic OH excluding ortho intramolecular Hbond substituents is 4. The highest BCUT2D eigenvalue weighted by Gasteiger charge is 2.27.